The van der Waals surface area contributed by atoms with Gasteiger partial charge in [-0.2, -0.15) is 5.10 Å². The number of ether oxygens (including phenoxy) is 2. The summed E-state index contributed by atoms with van der Waals surface area (Å²) in [6.45, 7) is 1.31. The van der Waals surface area contributed by atoms with Crippen LogP contribution in [0.3, 0.4) is 0 Å². The van der Waals surface area contributed by atoms with Gasteiger partial charge in [0.15, 0.2) is 0 Å². The molecule has 0 saturated carbocycles. The Morgan fingerprint density at radius 2 is 2.24 bits per heavy atom. The van der Waals surface area contributed by atoms with Gasteiger partial charge in [0.05, 0.1) is 23.5 Å². The number of carbonyl (C=O) groups is 2. The van der Waals surface area contributed by atoms with E-state index in [1.165, 1.54) is 15.8 Å². The summed E-state index contributed by atoms with van der Waals surface area (Å²) in [5, 5.41) is 7.82. The molecule has 1 unspecified atom stereocenters. The van der Waals surface area contributed by atoms with Crippen LogP contribution in [0.2, 0.25) is 10.0 Å². The number of anilines is 1. The lowest BCUT2D eigenvalue weighted by atomic mass is 10.2. The van der Waals surface area contributed by atoms with E-state index >= 15 is 0 Å². The van der Waals surface area contributed by atoms with E-state index < -0.39 is 6.10 Å². The number of likely N-dealkylation sites (N-methyl/N-ethyl adjacent to an activating group) is 1. The van der Waals surface area contributed by atoms with Crippen LogP contribution in [0.5, 0.6) is 5.75 Å². The normalized spacial score (nSPS) is 15.9. The van der Waals surface area contributed by atoms with Gasteiger partial charge in [-0.15, -0.1) is 0 Å². The molecule has 2 amide bonds. The lowest BCUT2D eigenvalue weighted by Gasteiger charge is -2.18. The standard InChI is InChI=1S/C19H22Cl2N4O4/c1-24(6-8-29-16-5-4-13(20)9-15(16)21)18(26)12-25-11-14(10-22-25)23-19(27)17-3-2-7-28-17/h4-5,9-11,17H,2-3,6-8,12H2,1H3,(H,23,27). The zero-order chi connectivity index (χ0) is 20.8. The Morgan fingerprint density at radius 1 is 1.41 bits per heavy atom. The Kier molecular flexibility index (Phi) is 7.35. The predicted octanol–water partition coefficient (Wildman–Crippen LogP) is 2.84. The molecule has 1 atom stereocenters. The number of benzene rings is 1. The molecule has 0 bridgehead atoms. The molecule has 2 heterocycles. The second kappa shape index (κ2) is 9.96. The van der Waals surface area contributed by atoms with Gasteiger partial charge in [0.2, 0.25) is 5.91 Å². The average Bonchev–Trinajstić information content (AvgIpc) is 3.35. The molecule has 1 aromatic carbocycles. The molecule has 1 N–H and O–H groups in total. The fraction of sp³-hybridized carbons (Fsp3) is 0.421. The van der Waals surface area contributed by atoms with Gasteiger partial charge in [0, 0.05) is 24.9 Å². The van der Waals surface area contributed by atoms with E-state index in [1.807, 2.05) is 0 Å². The van der Waals surface area contributed by atoms with Gasteiger partial charge in [0.25, 0.3) is 5.91 Å². The molecule has 0 radical (unpaired) electrons. The fourth-order valence-electron chi connectivity index (χ4n) is 2.79. The summed E-state index contributed by atoms with van der Waals surface area (Å²) >= 11 is 11.9. The first-order valence-electron chi connectivity index (χ1n) is 9.19. The van der Waals surface area contributed by atoms with Crippen molar-refractivity contribution in [3.8, 4) is 5.75 Å². The number of hydrogen-bond acceptors (Lipinski definition) is 5. The second-order valence-corrected chi connectivity index (χ2v) is 7.50. The molecule has 0 spiro atoms. The molecule has 10 heteroatoms. The maximum atomic E-state index is 12.4. The fourth-order valence-corrected chi connectivity index (χ4v) is 3.25. The second-order valence-electron chi connectivity index (χ2n) is 6.66. The average molecular weight is 441 g/mol. The molecule has 1 saturated heterocycles. The van der Waals surface area contributed by atoms with E-state index in [2.05, 4.69) is 10.4 Å². The summed E-state index contributed by atoms with van der Waals surface area (Å²) < 4.78 is 12.4. The van der Waals surface area contributed by atoms with Gasteiger partial charge < -0.3 is 19.7 Å². The van der Waals surface area contributed by atoms with Gasteiger partial charge in [-0.3, -0.25) is 14.3 Å². The summed E-state index contributed by atoms with van der Waals surface area (Å²) in [5.41, 5.74) is 0.529. The van der Waals surface area contributed by atoms with E-state index in [4.69, 9.17) is 32.7 Å². The number of rotatable bonds is 8. The van der Waals surface area contributed by atoms with Gasteiger partial charge >= 0.3 is 0 Å². The third-order valence-corrected chi connectivity index (χ3v) is 4.95. The van der Waals surface area contributed by atoms with Crippen molar-refractivity contribution in [1.82, 2.24) is 14.7 Å². The van der Waals surface area contributed by atoms with Crippen LogP contribution in [-0.2, 0) is 20.9 Å². The van der Waals surface area contributed by atoms with Crippen molar-refractivity contribution >= 4 is 40.7 Å². The Morgan fingerprint density at radius 3 is 2.97 bits per heavy atom. The molecule has 0 aliphatic carbocycles. The maximum Gasteiger partial charge on any atom is 0.253 e. The molecule has 1 aliphatic rings. The summed E-state index contributed by atoms with van der Waals surface area (Å²) in [7, 11) is 1.68. The number of amides is 2. The zero-order valence-corrected chi connectivity index (χ0v) is 17.4. The van der Waals surface area contributed by atoms with Gasteiger partial charge in [-0.1, -0.05) is 23.2 Å². The van der Waals surface area contributed by atoms with Crippen molar-refractivity contribution in [3.05, 3.63) is 40.6 Å². The highest BCUT2D eigenvalue weighted by Crippen LogP contribution is 2.27. The van der Waals surface area contributed by atoms with Crippen LogP contribution in [-0.4, -0.2) is 59.4 Å². The Balaban J connectivity index is 1.43. The van der Waals surface area contributed by atoms with Gasteiger partial charge in [-0.25, -0.2) is 0 Å². The zero-order valence-electron chi connectivity index (χ0n) is 15.9. The third kappa shape index (κ3) is 6.09. The molecular formula is C19H22Cl2N4O4. The molecule has 3 rings (SSSR count). The number of hydrogen-bond donors (Lipinski definition) is 1. The summed E-state index contributed by atoms with van der Waals surface area (Å²) in [4.78, 5) is 26.0. The van der Waals surface area contributed by atoms with Crippen molar-refractivity contribution in [3.63, 3.8) is 0 Å². The summed E-state index contributed by atoms with van der Waals surface area (Å²) in [5.74, 6) is 0.176. The molecule has 8 nitrogen and oxygen atoms in total. The molecule has 2 aromatic rings. The van der Waals surface area contributed by atoms with E-state index in [9.17, 15) is 9.59 Å². The van der Waals surface area contributed by atoms with Crippen LogP contribution in [0, 0.1) is 0 Å². The first kappa shape index (κ1) is 21.4. The van der Waals surface area contributed by atoms with Crippen LogP contribution in [0.15, 0.2) is 30.6 Å². The highest BCUT2D eigenvalue weighted by atomic mass is 35.5. The molecule has 1 aromatic heterocycles. The van der Waals surface area contributed by atoms with E-state index in [-0.39, 0.29) is 25.0 Å². The van der Waals surface area contributed by atoms with Gasteiger partial charge in [-0.05, 0) is 31.0 Å². The van der Waals surface area contributed by atoms with Crippen LogP contribution in [0.1, 0.15) is 12.8 Å². The number of nitrogens with one attached hydrogen (secondary N) is 1. The molecule has 1 fully saturated rings. The predicted molar refractivity (Wildman–Crippen MR) is 109 cm³/mol. The summed E-state index contributed by atoms with van der Waals surface area (Å²) in [6.07, 6.45) is 4.30. The van der Waals surface area contributed by atoms with Crippen molar-refractivity contribution in [1.29, 1.82) is 0 Å². The first-order chi connectivity index (χ1) is 13.9. The quantitative estimate of drug-likeness (QED) is 0.681. The van der Waals surface area contributed by atoms with Gasteiger partial charge in [0.1, 0.15) is 25.0 Å². The van der Waals surface area contributed by atoms with Crippen molar-refractivity contribution in [2.45, 2.75) is 25.5 Å². The number of carbonyl (C=O) groups excluding carboxylic acids is 2. The molecule has 29 heavy (non-hydrogen) atoms. The smallest absolute Gasteiger partial charge is 0.253 e. The van der Waals surface area contributed by atoms with Crippen LogP contribution < -0.4 is 10.1 Å². The number of aromatic nitrogens is 2. The van der Waals surface area contributed by atoms with E-state index in [0.717, 1.165) is 6.42 Å². The monoisotopic (exact) mass is 440 g/mol. The number of halogens is 2. The van der Waals surface area contributed by atoms with Crippen LogP contribution >= 0.6 is 23.2 Å². The number of nitrogens with zero attached hydrogens (tertiary/aromatic N) is 3. The minimum Gasteiger partial charge on any atom is -0.490 e. The third-order valence-electron chi connectivity index (χ3n) is 4.42. The Bertz CT molecular complexity index is 868. The van der Waals surface area contributed by atoms with E-state index in [0.29, 0.717) is 41.1 Å². The lowest BCUT2D eigenvalue weighted by Crippen LogP contribution is -2.33. The molecule has 156 valence electrons. The van der Waals surface area contributed by atoms with Crippen molar-refractivity contribution < 1.29 is 19.1 Å². The van der Waals surface area contributed by atoms with Crippen molar-refractivity contribution in [2.24, 2.45) is 0 Å². The Labute approximate surface area is 178 Å². The molecule has 1 aliphatic heterocycles. The summed E-state index contributed by atoms with van der Waals surface area (Å²) in [6, 6.07) is 4.97. The van der Waals surface area contributed by atoms with Crippen molar-refractivity contribution in [2.75, 3.05) is 32.1 Å². The maximum absolute atomic E-state index is 12.4. The highest BCUT2D eigenvalue weighted by Gasteiger charge is 2.24. The minimum atomic E-state index is -0.416. The topological polar surface area (TPSA) is 85.7 Å². The van der Waals surface area contributed by atoms with E-state index in [1.54, 1.807) is 31.4 Å². The first-order valence-corrected chi connectivity index (χ1v) is 9.94. The lowest BCUT2D eigenvalue weighted by molar-refractivity contribution is -0.131. The Hall–Kier alpha value is -2.29. The molecular weight excluding hydrogens is 419 g/mol. The largest absolute Gasteiger partial charge is 0.490 e. The minimum absolute atomic E-state index is 0.0496. The van der Waals surface area contributed by atoms with Crippen LogP contribution in [0.4, 0.5) is 5.69 Å². The van der Waals surface area contributed by atoms with Crippen LogP contribution in [0.25, 0.3) is 0 Å². The highest BCUT2D eigenvalue weighted by molar-refractivity contribution is 6.35. The SMILES string of the molecule is CN(CCOc1ccc(Cl)cc1Cl)C(=O)Cn1cc(NC(=O)C2CCCO2)cn1.